The topological polar surface area (TPSA) is 70.0 Å². The van der Waals surface area contributed by atoms with Crippen molar-refractivity contribution in [3.63, 3.8) is 0 Å². The van der Waals surface area contributed by atoms with E-state index in [-0.39, 0.29) is 18.6 Å². The molecule has 3 unspecified atom stereocenters. The summed E-state index contributed by atoms with van der Waals surface area (Å²) in [5, 5.41) is 18.1. The zero-order valence-electron chi connectivity index (χ0n) is 9.93. The van der Waals surface area contributed by atoms with E-state index >= 15 is 0 Å². The molecule has 2 N–H and O–H groups in total. The normalized spacial score (nSPS) is 27.2. The molecule has 0 aromatic carbocycles. The molecule has 0 amide bonds. The molecule has 0 radical (unpaired) electrons. The Hall–Kier alpha value is -0.650. The maximum atomic E-state index is 11.0. The number of rotatable bonds is 6. The predicted octanol–water partition coefficient (Wildman–Crippen LogP) is 0.0363. The number of carboxylic acid groups (broad SMARTS) is 1. The van der Waals surface area contributed by atoms with Crippen LogP contribution in [0.25, 0.3) is 0 Å². The first kappa shape index (κ1) is 13.4. The highest BCUT2D eigenvalue weighted by Crippen LogP contribution is 2.20. The van der Waals surface area contributed by atoms with E-state index in [0.29, 0.717) is 19.8 Å². The van der Waals surface area contributed by atoms with Gasteiger partial charge in [-0.1, -0.05) is 13.8 Å². The Labute approximate surface area is 96.0 Å². The lowest BCUT2D eigenvalue weighted by Crippen LogP contribution is -2.45. The fourth-order valence-corrected chi connectivity index (χ4v) is 2.10. The molecule has 1 fully saturated rings. The molecule has 1 heterocycles. The van der Waals surface area contributed by atoms with Crippen LogP contribution < -0.4 is 0 Å². The van der Waals surface area contributed by atoms with Gasteiger partial charge in [0.15, 0.2) is 0 Å². The lowest BCUT2D eigenvalue weighted by atomic mass is 10.0. The molecule has 94 valence electrons. The second-order valence-electron chi connectivity index (χ2n) is 4.42. The van der Waals surface area contributed by atoms with E-state index in [4.69, 9.17) is 14.9 Å². The van der Waals surface area contributed by atoms with Gasteiger partial charge in [0.05, 0.1) is 19.1 Å². The highest BCUT2D eigenvalue weighted by Gasteiger charge is 2.37. The van der Waals surface area contributed by atoms with Crippen LogP contribution in [0.3, 0.4) is 0 Å². The minimum absolute atomic E-state index is 0.0588. The van der Waals surface area contributed by atoms with Crippen LogP contribution in [0.4, 0.5) is 0 Å². The van der Waals surface area contributed by atoms with Gasteiger partial charge >= 0.3 is 5.97 Å². The van der Waals surface area contributed by atoms with Crippen LogP contribution in [0.1, 0.15) is 13.8 Å². The van der Waals surface area contributed by atoms with Gasteiger partial charge in [-0.2, -0.15) is 0 Å². The van der Waals surface area contributed by atoms with Gasteiger partial charge in [0.25, 0.3) is 0 Å². The SMILES string of the molecule is CCN(CC(C)CO)C1COCC1C(=O)O. The molecular weight excluding hydrogens is 210 g/mol. The molecule has 5 heteroatoms. The molecule has 0 aromatic rings. The third kappa shape index (κ3) is 3.17. The number of aliphatic carboxylic acids is 1. The number of hydrogen-bond acceptors (Lipinski definition) is 4. The maximum Gasteiger partial charge on any atom is 0.310 e. The lowest BCUT2D eigenvalue weighted by molar-refractivity contribution is -0.143. The second-order valence-corrected chi connectivity index (χ2v) is 4.42. The van der Waals surface area contributed by atoms with Gasteiger partial charge in [-0.3, -0.25) is 9.69 Å². The van der Waals surface area contributed by atoms with Crippen molar-refractivity contribution in [2.45, 2.75) is 19.9 Å². The first-order chi connectivity index (χ1) is 7.60. The fraction of sp³-hybridized carbons (Fsp3) is 0.909. The third-order valence-corrected chi connectivity index (χ3v) is 3.10. The Morgan fingerprint density at radius 3 is 2.75 bits per heavy atom. The molecule has 0 bridgehead atoms. The Morgan fingerprint density at radius 2 is 2.25 bits per heavy atom. The number of likely N-dealkylation sites (N-methyl/N-ethyl adjacent to an activating group) is 1. The van der Waals surface area contributed by atoms with Gasteiger partial charge in [-0.05, 0) is 12.5 Å². The number of ether oxygens (including phenoxy) is 1. The minimum Gasteiger partial charge on any atom is -0.481 e. The summed E-state index contributed by atoms with van der Waals surface area (Å²) in [6.07, 6.45) is 0. The summed E-state index contributed by atoms with van der Waals surface area (Å²) in [5.41, 5.74) is 0. The monoisotopic (exact) mass is 231 g/mol. The molecule has 0 aliphatic carbocycles. The number of aliphatic hydroxyl groups excluding tert-OH is 1. The van der Waals surface area contributed by atoms with Gasteiger partial charge in [0.2, 0.25) is 0 Å². The minimum atomic E-state index is -0.794. The van der Waals surface area contributed by atoms with Gasteiger partial charge in [-0.25, -0.2) is 0 Å². The molecule has 16 heavy (non-hydrogen) atoms. The van der Waals surface area contributed by atoms with E-state index in [1.165, 1.54) is 0 Å². The summed E-state index contributed by atoms with van der Waals surface area (Å²) >= 11 is 0. The second kappa shape index (κ2) is 6.18. The highest BCUT2D eigenvalue weighted by molar-refractivity contribution is 5.71. The van der Waals surface area contributed by atoms with Crippen molar-refractivity contribution in [2.75, 3.05) is 32.9 Å². The van der Waals surface area contributed by atoms with Gasteiger partial charge in [0.1, 0.15) is 0 Å². The van der Waals surface area contributed by atoms with Crippen LogP contribution in [0.2, 0.25) is 0 Å². The molecule has 0 spiro atoms. The van der Waals surface area contributed by atoms with Crippen molar-refractivity contribution >= 4 is 5.97 Å². The van der Waals surface area contributed by atoms with E-state index < -0.39 is 11.9 Å². The first-order valence-electron chi connectivity index (χ1n) is 5.75. The molecule has 3 atom stereocenters. The van der Waals surface area contributed by atoms with Crippen LogP contribution in [0.5, 0.6) is 0 Å². The summed E-state index contributed by atoms with van der Waals surface area (Å²) < 4.78 is 5.24. The van der Waals surface area contributed by atoms with Crippen LogP contribution >= 0.6 is 0 Å². The number of carbonyl (C=O) groups is 1. The van der Waals surface area contributed by atoms with Crippen LogP contribution in [-0.4, -0.2) is 60.0 Å². The smallest absolute Gasteiger partial charge is 0.310 e. The molecule has 1 rings (SSSR count). The average Bonchev–Trinajstić information content (AvgIpc) is 2.74. The molecular formula is C11H21NO4. The summed E-state index contributed by atoms with van der Waals surface area (Å²) in [5.74, 6) is -1.07. The van der Waals surface area contributed by atoms with Crippen LogP contribution in [0.15, 0.2) is 0 Å². The molecule has 5 nitrogen and oxygen atoms in total. The van der Waals surface area contributed by atoms with Crippen LogP contribution in [0, 0.1) is 11.8 Å². The highest BCUT2D eigenvalue weighted by atomic mass is 16.5. The Bertz CT molecular complexity index is 234. The molecule has 0 saturated carbocycles. The van der Waals surface area contributed by atoms with Crippen molar-refractivity contribution in [3.05, 3.63) is 0 Å². The zero-order chi connectivity index (χ0) is 12.1. The van der Waals surface area contributed by atoms with E-state index in [9.17, 15) is 4.79 Å². The summed E-state index contributed by atoms with van der Waals surface area (Å²) in [7, 11) is 0. The number of hydrogen-bond donors (Lipinski definition) is 2. The number of carboxylic acids is 1. The van der Waals surface area contributed by atoms with Gasteiger partial charge in [-0.15, -0.1) is 0 Å². The number of nitrogens with zero attached hydrogens (tertiary/aromatic N) is 1. The van der Waals surface area contributed by atoms with E-state index in [0.717, 1.165) is 6.54 Å². The van der Waals surface area contributed by atoms with Crippen molar-refractivity contribution in [1.29, 1.82) is 0 Å². The Balaban J connectivity index is 2.60. The molecule has 0 aromatic heterocycles. The Kier molecular flexibility index (Phi) is 5.18. The predicted molar refractivity (Wildman–Crippen MR) is 59.2 cm³/mol. The Morgan fingerprint density at radius 1 is 1.56 bits per heavy atom. The van der Waals surface area contributed by atoms with E-state index in [1.807, 2.05) is 13.8 Å². The summed E-state index contributed by atoms with van der Waals surface area (Å²) in [4.78, 5) is 13.1. The lowest BCUT2D eigenvalue weighted by Gasteiger charge is -2.30. The molecule has 1 aliphatic rings. The fourth-order valence-electron chi connectivity index (χ4n) is 2.10. The molecule has 1 saturated heterocycles. The third-order valence-electron chi connectivity index (χ3n) is 3.10. The van der Waals surface area contributed by atoms with Crippen molar-refractivity contribution < 1.29 is 19.7 Å². The van der Waals surface area contributed by atoms with Gasteiger partial charge in [0, 0.05) is 19.2 Å². The van der Waals surface area contributed by atoms with Crippen molar-refractivity contribution in [3.8, 4) is 0 Å². The van der Waals surface area contributed by atoms with E-state index in [1.54, 1.807) is 0 Å². The van der Waals surface area contributed by atoms with Crippen molar-refractivity contribution in [1.82, 2.24) is 4.90 Å². The quantitative estimate of drug-likeness (QED) is 0.675. The maximum absolute atomic E-state index is 11.0. The first-order valence-corrected chi connectivity index (χ1v) is 5.75. The molecule has 1 aliphatic heterocycles. The summed E-state index contributed by atoms with van der Waals surface area (Å²) in [6.45, 7) is 6.34. The zero-order valence-corrected chi connectivity index (χ0v) is 9.93. The number of aliphatic hydroxyl groups is 1. The van der Waals surface area contributed by atoms with Crippen LogP contribution in [-0.2, 0) is 9.53 Å². The standard InChI is InChI=1S/C11H21NO4/c1-3-12(4-8(2)5-13)10-7-16-6-9(10)11(14)15/h8-10,13H,3-7H2,1-2H3,(H,14,15). The largest absolute Gasteiger partial charge is 0.481 e. The van der Waals surface area contributed by atoms with Gasteiger partial charge < -0.3 is 14.9 Å². The summed E-state index contributed by atoms with van der Waals surface area (Å²) in [6, 6.07) is -0.0588. The van der Waals surface area contributed by atoms with Crippen molar-refractivity contribution in [2.24, 2.45) is 11.8 Å². The van der Waals surface area contributed by atoms with E-state index in [2.05, 4.69) is 4.90 Å². The average molecular weight is 231 g/mol.